The average molecular weight is 249 g/mol. The molecule has 6 nitrogen and oxygen atoms in total. The largest absolute Gasteiger partial charge is 0.465 e. The highest BCUT2D eigenvalue weighted by molar-refractivity contribution is 5.85. The van der Waals surface area contributed by atoms with E-state index >= 15 is 0 Å². The molecule has 1 unspecified atom stereocenters. The highest BCUT2D eigenvalue weighted by atomic mass is 16.4. The molecule has 6 heteroatoms. The van der Waals surface area contributed by atoms with Crippen LogP contribution in [0.1, 0.15) is 12.0 Å². The summed E-state index contributed by atoms with van der Waals surface area (Å²) in [7, 11) is 1.46. The van der Waals surface area contributed by atoms with Gasteiger partial charge < -0.3 is 15.7 Å². The number of pyridine rings is 1. The van der Waals surface area contributed by atoms with Crippen molar-refractivity contribution in [1.29, 1.82) is 0 Å². The van der Waals surface area contributed by atoms with Crippen LogP contribution < -0.4 is 10.6 Å². The third kappa shape index (κ3) is 4.65. The van der Waals surface area contributed by atoms with E-state index in [4.69, 9.17) is 5.11 Å². The summed E-state index contributed by atoms with van der Waals surface area (Å²) in [5.41, 5.74) is 0.892. The number of hydrogen-bond acceptors (Lipinski definition) is 3. The molecule has 3 N–H and O–H groups in total. The molecule has 18 heavy (non-hydrogen) atoms. The second-order valence-electron chi connectivity index (χ2n) is 3.54. The standard InChI is InChI=1S/C12H15N3O3/c1-13-11(16)10(15-12(17)18)6-2-4-9-5-3-7-14-8-9/h2-5,7-8,10,15H,6H2,1H3,(H,13,16)(H,17,18)/b4-2+. The van der Waals surface area contributed by atoms with E-state index in [0.717, 1.165) is 5.56 Å². The first-order valence-electron chi connectivity index (χ1n) is 5.41. The Hall–Kier alpha value is -2.37. The SMILES string of the molecule is CNC(=O)C(C/C=C/c1cccnc1)NC(=O)O. The normalized spacial score (nSPS) is 12.1. The number of nitrogens with one attached hydrogen (secondary N) is 2. The zero-order chi connectivity index (χ0) is 13.4. The first kappa shape index (κ1) is 13.7. The molecule has 0 bridgehead atoms. The molecule has 1 aromatic heterocycles. The van der Waals surface area contributed by atoms with Crippen molar-refractivity contribution in [2.45, 2.75) is 12.5 Å². The average Bonchev–Trinajstić information content (AvgIpc) is 2.37. The number of carbonyl (C=O) groups is 2. The van der Waals surface area contributed by atoms with E-state index < -0.39 is 12.1 Å². The number of rotatable bonds is 5. The lowest BCUT2D eigenvalue weighted by Crippen LogP contribution is -2.44. The summed E-state index contributed by atoms with van der Waals surface area (Å²) in [6.07, 6.45) is 5.91. The number of likely N-dealkylation sites (N-methyl/N-ethyl adjacent to an activating group) is 1. The smallest absolute Gasteiger partial charge is 0.405 e. The van der Waals surface area contributed by atoms with Crippen LogP contribution in [0.2, 0.25) is 0 Å². The molecule has 0 saturated carbocycles. The van der Waals surface area contributed by atoms with Crippen LogP contribution in [-0.4, -0.2) is 35.2 Å². The summed E-state index contributed by atoms with van der Waals surface area (Å²) >= 11 is 0. The van der Waals surface area contributed by atoms with E-state index in [9.17, 15) is 9.59 Å². The maximum Gasteiger partial charge on any atom is 0.405 e. The van der Waals surface area contributed by atoms with Crippen LogP contribution in [0.5, 0.6) is 0 Å². The molecule has 0 saturated heterocycles. The van der Waals surface area contributed by atoms with Crippen molar-refractivity contribution in [2.24, 2.45) is 0 Å². The molecule has 1 aromatic rings. The first-order chi connectivity index (χ1) is 8.63. The molecule has 0 aliphatic carbocycles. The van der Waals surface area contributed by atoms with Gasteiger partial charge in [0, 0.05) is 19.4 Å². The lowest BCUT2D eigenvalue weighted by Gasteiger charge is -2.12. The lowest BCUT2D eigenvalue weighted by molar-refractivity contribution is -0.122. The molecule has 0 aromatic carbocycles. The Balaban J connectivity index is 2.59. The summed E-state index contributed by atoms with van der Waals surface area (Å²) in [4.78, 5) is 25.9. The highest BCUT2D eigenvalue weighted by Gasteiger charge is 2.17. The number of carboxylic acid groups (broad SMARTS) is 1. The van der Waals surface area contributed by atoms with E-state index in [0.29, 0.717) is 0 Å². The second kappa shape index (κ2) is 7.05. The monoisotopic (exact) mass is 249 g/mol. The second-order valence-corrected chi connectivity index (χ2v) is 3.54. The van der Waals surface area contributed by atoms with Crippen LogP contribution in [0.15, 0.2) is 30.6 Å². The Morgan fingerprint density at radius 1 is 1.56 bits per heavy atom. The van der Waals surface area contributed by atoms with Crippen LogP contribution in [0.25, 0.3) is 6.08 Å². The Bertz CT molecular complexity index is 431. The zero-order valence-corrected chi connectivity index (χ0v) is 9.96. The van der Waals surface area contributed by atoms with Crippen molar-refractivity contribution >= 4 is 18.1 Å². The Kier molecular flexibility index (Phi) is 5.37. The van der Waals surface area contributed by atoms with Gasteiger partial charge in [-0.15, -0.1) is 0 Å². The van der Waals surface area contributed by atoms with Gasteiger partial charge in [0.05, 0.1) is 0 Å². The molecule has 1 atom stereocenters. The van der Waals surface area contributed by atoms with Gasteiger partial charge in [0.2, 0.25) is 5.91 Å². The van der Waals surface area contributed by atoms with Crippen LogP contribution >= 0.6 is 0 Å². The third-order valence-corrected chi connectivity index (χ3v) is 2.23. The van der Waals surface area contributed by atoms with Crippen molar-refractivity contribution in [3.05, 3.63) is 36.2 Å². The zero-order valence-electron chi connectivity index (χ0n) is 9.96. The topological polar surface area (TPSA) is 91.3 Å². The molecule has 1 heterocycles. The minimum Gasteiger partial charge on any atom is -0.465 e. The van der Waals surface area contributed by atoms with Crippen molar-refractivity contribution in [2.75, 3.05) is 7.05 Å². The number of aromatic nitrogens is 1. The van der Waals surface area contributed by atoms with Crippen molar-refractivity contribution in [3.8, 4) is 0 Å². The number of carbonyl (C=O) groups excluding carboxylic acids is 1. The first-order valence-corrected chi connectivity index (χ1v) is 5.41. The van der Waals surface area contributed by atoms with Gasteiger partial charge in [-0.05, 0) is 18.1 Å². The van der Waals surface area contributed by atoms with Gasteiger partial charge in [-0.25, -0.2) is 4.79 Å². The van der Waals surface area contributed by atoms with Crippen molar-refractivity contribution < 1.29 is 14.7 Å². The predicted octanol–water partition coefficient (Wildman–Crippen LogP) is 0.867. The minimum absolute atomic E-state index is 0.279. The Morgan fingerprint density at radius 2 is 2.33 bits per heavy atom. The van der Waals surface area contributed by atoms with Gasteiger partial charge in [0.15, 0.2) is 0 Å². The van der Waals surface area contributed by atoms with Gasteiger partial charge in [0.1, 0.15) is 6.04 Å². The molecule has 0 spiro atoms. The summed E-state index contributed by atoms with van der Waals surface area (Å²) in [6.45, 7) is 0. The van der Waals surface area contributed by atoms with E-state index in [1.165, 1.54) is 7.05 Å². The van der Waals surface area contributed by atoms with Crippen LogP contribution in [0.3, 0.4) is 0 Å². The number of hydrogen-bond donors (Lipinski definition) is 3. The van der Waals surface area contributed by atoms with E-state index in [1.807, 2.05) is 6.07 Å². The van der Waals surface area contributed by atoms with Gasteiger partial charge in [-0.3, -0.25) is 9.78 Å². The molecular weight excluding hydrogens is 234 g/mol. The van der Waals surface area contributed by atoms with Crippen LogP contribution in [0, 0.1) is 0 Å². The number of amides is 2. The third-order valence-electron chi connectivity index (χ3n) is 2.23. The summed E-state index contributed by atoms with van der Waals surface area (Å²) in [5, 5.41) is 13.2. The molecule has 0 aliphatic heterocycles. The highest BCUT2D eigenvalue weighted by Crippen LogP contribution is 2.02. The fraction of sp³-hybridized carbons (Fsp3) is 0.250. The van der Waals surface area contributed by atoms with Crippen molar-refractivity contribution in [1.82, 2.24) is 15.6 Å². The van der Waals surface area contributed by atoms with Gasteiger partial charge >= 0.3 is 6.09 Å². The summed E-state index contributed by atoms with van der Waals surface area (Å²) in [6, 6.07) is 2.87. The fourth-order valence-corrected chi connectivity index (χ4v) is 1.37. The van der Waals surface area contributed by atoms with Crippen molar-refractivity contribution in [3.63, 3.8) is 0 Å². The van der Waals surface area contributed by atoms with E-state index in [1.54, 1.807) is 30.6 Å². The maximum absolute atomic E-state index is 11.4. The molecular formula is C12H15N3O3. The summed E-state index contributed by atoms with van der Waals surface area (Å²) in [5.74, 6) is -0.367. The molecule has 0 radical (unpaired) electrons. The van der Waals surface area contributed by atoms with Gasteiger partial charge in [-0.1, -0.05) is 18.2 Å². The molecule has 96 valence electrons. The molecule has 1 rings (SSSR count). The Morgan fingerprint density at radius 3 is 2.89 bits per heavy atom. The minimum atomic E-state index is -1.22. The maximum atomic E-state index is 11.4. The lowest BCUT2D eigenvalue weighted by atomic mass is 10.1. The van der Waals surface area contributed by atoms with Crippen LogP contribution in [-0.2, 0) is 4.79 Å². The number of nitrogens with zero attached hydrogens (tertiary/aromatic N) is 1. The molecule has 0 fully saturated rings. The van der Waals surface area contributed by atoms with E-state index in [2.05, 4.69) is 15.6 Å². The predicted molar refractivity (Wildman–Crippen MR) is 66.9 cm³/mol. The van der Waals surface area contributed by atoms with Crippen LogP contribution in [0.4, 0.5) is 4.79 Å². The van der Waals surface area contributed by atoms with Gasteiger partial charge in [0.25, 0.3) is 0 Å². The van der Waals surface area contributed by atoms with Gasteiger partial charge in [-0.2, -0.15) is 0 Å². The quantitative estimate of drug-likeness (QED) is 0.722. The fourth-order valence-electron chi connectivity index (χ4n) is 1.37. The summed E-state index contributed by atoms with van der Waals surface area (Å²) < 4.78 is 0. The molecule has 0 aliphatic rings. The Labute approximate surface area is 105 Å². The van der Waals surface area contributed by atoms with E-state index in [-0.39, 0.29) is 12.3 Å². The molecule has 2 amide bonds.